The molecule has 1 heterocycles. The lowest BCUT2D eigenvalue weighted by atomic mass is 10.1. The number of nitrogens with two attached hydrogens (primary N) is 1. The predicted molar refractivity (Wildman–Crippen MR) is 193 cm³/mol. The molecular formula is C38H51N5O6. The molecule has 11 heteroatoms. The molecule has 0 saturated carbocycles. The SMILES string of the molecule is COc1cc(C(=O)N(C)c2ccc(C)cc2OCCCCCC(=O)N2CCN(C)CC2)ccc1NC(=O)c1cc(C)ccc1OCCCN. The average molecular weight is 674 g/mol. The molecule has 1 aliphatic heterocycles. The van der Waals surface area contributed by atoms with Crippen LogP contribution in [0.2, 0.25) is 0 Å². The van der Waals surface area contributed by atoms with Crippen molar-refractivity contribution in [3.63, 3.8) is 0 Å². The van der Waals surface area contributed by atoms with Crippen LogP contribution in [0.5, 0.6) is 17.2 Å². The second kappa shape index (κ2) is 18.2. The number of rotatable bonds is 16. The second-order valence-corrected chi connectivity index (χ2v) is 12.5. The number of carbonyl (C=O) groups is 3. The van der Waals surface area contributed by atoms with Crippen molar-refractivity contribution in [3.8, 4) is 17.2 Å². The van der Waals surface area contributed by atoms with Crippen LogP contribution in [-0.4, -0.2) is 94.7 Å². The lowest BCUT2D eigenvalue weighted by Gasteiger charge is -2.32. The molecule has 3 N–H and O–H groups in total. The number of methoxy groups -OCH3 is 1. The maximum absolute atomic E-state index is 13.7. The Morgan fingerprint density at radius 2 is 1.51 bits per heavy atom. The molecule has 264 valence electrons. The molecule has 3 aromatic carbocycles. The first-order chi connectivity index (χ1) is 23.6. The van der Waals surface area contributed by atoms with Crippen LogP contribution in [-0.2, 0) is 4.79 Å². The van der Waals surface area contributed by atoms with Crippen molar-refractivity contribution < 1.29 is 28.6 Å². The molecule has 3 amide bonds. The molecule has 3 aromatic rings. The molecule has 0 aromatic heterocycles. The minimum absolute atomic E-state index is 0.228. The molecule has 0 spiro atoms. The highest BCUT2D eigenvalue weighted by molar-refractivity contribution is 6.09. The van der Waals surface area contributed by atoms with E-state index < -0.39 is 0 Å². The summed E-state index contributed by atoms with van der Waals surface area (Å²) < 4.78 is 17.6. The van der Waals surface area contributed by atoms with Crippen molar-refractivity contribution in [1.82, 2.24) is 9.80 Å². The quantitative estimate of drug-likeness (QED) is 0.197. The summed E-state index contributed by atoms with van der Waals surface area (Å²) in [5.74, 6) is 1.04. The summed E-state index contributed by atoms with van der Waals surface area (Å²) >= 11 is 0. The van der Waals surface area contributed by atoms with Gasteiger partial charge in [0.1, 0.15) is 17.2 Å². The normalized spacial score (nSPS) is 13.1. The molecule has 1 aliphatic rings. The fraction of sp³-hybridized carbons (Fsp3) is 0.447. The van der Waals surface area contributed by atoms with E-state index in [1.165, 1.54) is 7.11 Å². The van der Waals surface area contributed by atoms with E-state index in [0.29, 0.717) is 72.4 Å². The van der Waals surface area contributed by atoms with Gasteiger partial charge in [0, 0.05) is 45.2 Å². The number of likely N-dealkylation sites (N-methyl/N-ethyl adjacent to an activating group) is 1. The van der Waals surface area contributed by atoms with Crippen molar-refractivity contribution in [3.05, 3.63) is 76.9 Å². The lowest BCUT2D eigenvalue weighted by molar-refractivity contribution is -0.132. The largest absolute Gasteiger partial charge is 0.495 e. The maximum atomic E-state index is 13.7. The first-order valence-electron chi connectivity index (χ1n) is 17.0. The van der Waals surface area contributed by atoms with Gasteiger partial charge in [-0.25, -0.2) is 0 Å². The van der Waals surface area contributed by atoms with E-state index in [9.17, 15) is 14.4 Å². The number of nitrogens with zero attached hydrogens (tertiary/aromatic N) is 3. The van der Waals surface area contributed by atoms with Gasteiger partial charge in [0.15, 0.2) is 0 Å². The van der Waals surface area contributed by atoms with Crippen molar-refractivity contribution in [2.24, 2.45) is 5.73 Å². The van der Waals surface area contributed by atoms with Crippen molar-refractivity contribution in [1.29, 1.82) is 0 Å². The molecule has 4 rings (SSSR count). The number of ether oxygens (including phenoxy) is 3. The van der Waals surface area contributed by atoms with Crippen LogP contribution in [0.15, 0.2) is 54.6 Å². The first kappa shape index (κ1) is 37.2. The summed E-state index contributed by atoms with van der Waals surface area (Å²) in [7, 11) is 5.28. The number of hydrogen-bond acceptors (Lipinski definition) is 8. The Balaban J connectivity index is 1.36. The van der Waals surface area contributed by atoms with Gasteiger partial charge in [-0.3, -0.25) is 14.4 Å². The smallest absolute Gasteiger partial charge is 0.259 e. The number of piperazine rings is 1. The minimum atomic E-state index is -0.357. The van der Waals surface area contributed by atoms with E-state index >= 15 is 0 Å². The number of benzene rings is 3. The van der Waals surface area contributed by atoms with Gasteiger partial charge in [-0.05, 0) is 101 Å². The average Bonchev–Trinajstić information content (AvgIpc) is 3.10. The van der Waals surface area contributed by atoms with E-state index in [-0.39, 0.29) is 17.7 Å². The van der Waals surface area contributed by atoms with Crippen molar-refractivity contribution >= 4 is 29.1 Å². The summed E-state index contributed by atoms with van der Waals surface area (Å²) in [5.41, 5.74) is 9.36. The fourth-order valence-electron chi connectivity index (χ4n) is 5.60. The van der Waals surface area contributed by atoms with E-state index in [1.54, 1.807) is 42.3 Å². The highest BCUT2D eigenvalue weighted by Gasteiger charge is 2.22. The molecule has 49 heavy (non-hydrogen) atoms. The number of nitrogens with one attached hydrogen (secondary N) is 1. The van der Waals surface area contributed by atoms with Gasteiger partial charge in [-0.15, -0.1) is 0 Å². The molecule has 0 unspecified atom stereocenters. The third-order valence-electron chi connectivity index (χ3n) is 8.61. The van der Waals surface area contributed by atoms with Gasteiger partial charge in [0.2, 0.25) is 5.91 Å². The number of carbonyl (C=O) groups excluding carboxylic acids is 3. The van der Waals surface area contributed by atoms with Crippen LogP contribution >= 0.6 is 0 Å². The van der Waals surface area contributed by atoms with Crippen LogP contribution in [0.25, 0.3) is 0 Å². The first-order valence-corrected chi connectivity index (χ1v) is 17.0. The van der Waals surface area contributed by atoms with E-state index in [2.05, 4.69) is 17.3 Å². The molecule has 11 nitrogen and oxygen atoms in total. The Hall–Kier alpha value is -4.61. The Kier molecular flexibility index (Phi) is 13.8. The summed E-state index contributed by atoms with van der Waals surface area (Å²) in [6.45, 7) is 8.71. The molecule has 1 fully saturated rings. The number of aryl methyl sites for hydroxylation is 2. The molecule has 0 radical (unpaired) electrons. The molecular weight excluding hydrogens is 622 g/mol. The van der Waals surface area contributed by atoms with Gasteiger partial charge in [0.05, 0.1) is 37.3 Å². The van der Waals surface area contributed by atoms with Crippen LogP contribution in [0.4, 0.5) is 11.4 Å². The lowest BCUT2D eigenvalue weighted by Crippen LogP contribution is -2.47. The van der Waals surface area contributed by atoms with Crippen LogP contribution in [0.3, 0.4) is 0 Å². The van der Waals surface area contributed by atoms with E-state index in [4.69, 9.17) is 19.9 Å². The zero-order chi connectivity index (χ0) is 35.3. The van der Waals surface area contributed by atoms with E-state index in [0.717, 1.165) is 56.6 Å². The van der Waals surface area contributed by atoms with Gasteiger partial charge >= 0.3 is 0 Å². The van der Waals surface area contributed by atoms with Gasteiger partial charge < -0.3 is 40.0 Å². The Morgan fingerprint density at radius 1 is 0.816 bits per heavy atom. The van der Waals surface area contributed by atoms with Crippen LogP contribution < -0.4 is 30.2 Å². The van der Waals surface area contributed by atoms with Gasteiger partial charge in [-0.1, -0.05) is 17.7 Å². The highest BCUT2D eigenvalue weighted by Crippen LogP contribution is 2.32. The summed E-state index contributed by atoms with van der Waals surface area (Å²) in [6, 6.07) is 16.1. The Bertz CT molecular complexity index is 1590. The van der Waals surface area contributed by atoms with Crippen molar-refractivity contribution in [2.45, 2.75) is 46.0 Å². The molecule has 0 aliphatic carbocycles. The maximum Gasteiger partial charge on any atom is 0.259 e. The predicted octanol–water partition coefficient (Wildman–Crippen LogP) is 5.28. The standard InChI is InChI=1S/C38H51N5O6/c1-27-12-16-33(48-23-9-17-39)30(24-27)37(45)40-31-14-13-29(26-34(31)47-5)38(46)42(4)32-15-11-28(2)25-35(32)49-22-8-6-7-10-36(44)43-20-18-41(3)19-21-43/h11-16,24-26H,6-10,17-23,39H2,1-5H3,(H,40,45). The third kappa shape index (κ3) is 10.4. The molecule has 0 atom stereocenters. The Labute approximate surface area is 290 Å². The van der Waals surface area contributed by atoms with Crippen LogP contribution in [0.1, 0.15) is 63.9 Å². The summed E-state index contributed by atoms with van der Waals surface area (Å²) in [4.78, 5) is 45.3. The number of hydrogen-bond donors (Lipinski definition) is 2. The number of amides is 3. The minimum Gasteiger partial charge on any atom is -0.495 e. The topological polar surface area (TPSA) is 127 Å². The Morgan fingerprint density at radius 3 is 2.24 bits per heavy atom. The zero-order valence-electron chi connectivity index (χ0n) is 29.5. The van der Waals surface area contributed by atoms with Crippen molar-refractivity contribution in [2.75, 3.05) is 77.4 Å². The van der Waals surface area contributed by atoms with Crippen LogP contribution in [0, 0.1) is 13.8 Å². The summed E-state index contributed by atoms with van der Waals surface area (Å²) in [6.07, 6.45) is 3.73. The summed E-state index contributed by atoms with van der Waals surface area (Å²) in [5, 5.41) is 2.90. The highest BCUT2D eigenvalue weighted by atomic mass is 16.5. The zero-order valence-corrected chi connectivity index (χ0v) is 29.5. The second-order valence-electron chi connectivity index (χ2n) is 12.5. The van der Waals surface area contributed by atoms with Gasteiger partial charge in [-0.2, -0.15) is 0 Å². The number of anilines is 2. The molecule has 1 saturated heterocycles. The van der Waals surface area contributed by atoms with E-state index in [1.807, 2.05) is 43.0 Å². The monoisotopic (exact) mass is 673 g/mol. The third-order valence-corrected chi connectivity index (χ3v) is 8.61. The fourth-order valence-corrected chi connectivity index (χ4v) is 5.60. The number of unbranched alkanes of at least 4 members (excludes halogenated alkanes) is 2. The molecule has 0 bridgehead atoms. The van der Waals surface area contributed by atoms with Gasteiger partial charge in [0.25, 0.3) is 11.8 Å².